The first-order chi connectivity index (χ1) is 13.6. The first kappa shape index (κ1) is 22.1. The van der Waals surface area contributed by atoms with Crippen LogP contribution in [0.15, 0.2) is 24.3 Å². The van der Waals surface area contributed by atoms with Gasteiger partial charge in [0.1, 0.15) is 0 Å². The van der Waals surface area contributed by atoms with Crippen LogP contribution in [0.4, 0.5) is 13.2 Å². The number of nitrogens with one attached hydrogen (secondary N) is 2. The zero-order valence-corrected chi connectivity index (χ0v) is 16.2. The van der Waals surface area contributed by atoms with Gasteiger partial charge in [0.2, 0.25) is 5.91 Å². The summed E-state index contributed by atoms with van der Waals surface area (Å²) in [5.74, 6) is -2.34. The monoisotopic (exact) mass is 410 g/mol. The maximum absolute atomic E-state index is 13.0. The van der Waals surface area contributed by atoms with Crippen LogP contribution in [0, 0.1) is 13.8 Å². The van der Waals surface area contributed by atoms with E-state index in [0.717, 1.165) is 18.6 Å². The van der Waals surface area contributed by atoms with E-state index in [2.05, 4.69) is 15.7 Å². The van der Waals surface area contributed by atoms with E-state index in [4.69, 9.17) is 0 Å². The number of Topliss-reactive ketones (excluding diaryl/α,β-unsaturated/α-hetero) is 1. The summed E-state index contributed by atoms with van der Waals surface area (Å²) in [6, 6.07) is 4.49. The highest BCUT2D eigenvalue weighted by atomic mass is 19.4. The Balaban J connectivity index is 2.24. The van der Waals surface area contributed by atoms with Crippen molar-refractivity contribution in [3.8, 4) is 5.69 Å². The molecule has 10 heteroatoms. The summed E-state index contributed by atoms with van der Waals surface area (Å²) in [6.45, 7) is 4.92. The van der Waals surface area contributed by atoms with Gasteiger partial charge in [-0.1, -0.05) is 13.0 Å². The Morgan fingerprint density at radius 2 is 1.83 bits per heavy atom. The molecule has 1 heterocycles. The molecule has 0 bridgehead atoms. The van der Waals surface area contributed by atoms with E-state index in [0.29, 0.717) is 6.54 Å². The van der Waals surface area contributed by atoms with Crippen molar-refractivity contribution in [3.05, 3.63) is 46.8 Å². The summed E-state index contributed by atoms with van der Waals surface area (Å²) in [7, 11) is 0. The van der Waals surface area contributed by atoms with Crippen LogP contribution in [-0.2, 0) is 15.8 Å². The van der Waals surface area contributed by atoms with Crippen LogP contribution in [-0.4, -0.2) is 40.5 Å². The molecule has 7 nitrogen and oxygen atoms in total. The number of aromatic nitrogens is 2. The van der Waals surface area contributed by atoms with E-state index in [9.17, 15) is 27.6 Å². The number of alkyl halides is 3. The fraction of sp³-hybridized carbons (Fsp3) is 0.368. The minimum absolute atomic E-state index is 0.0196. The molecular weight excluding hydrogens is 389 g/mol. The Hall–Kier alpha value is -3.17. The summed E-state index contributed by atoms with van der Waals surface area (Å²) in [6.07, 6.45) is -3.80. The van der Waals surface area contributed by atoms with Crippen molar-refractivity contribution in [1.82, 2.24) is 20.4 Å². The number of rotatable bonds is 7. The predicted molar refractivity (Wildman–Crippen MR) is 98.7 cm³/mol. The molecule has 0 aliphatic heterocycles. The predicted octanol–water partition coefficient (Wildman–Crippen LogP) is 2.33. The van der Waals surface area contributed by atoms with Gasteiger partial charge in [-0.05, 0) is 38.5 Å². The fourth-order valence-electron chi connectivity index (χ4n) is 2.72. The first-order valence-corrected chi connectivity index (χ1v) is 8.89. The highest BCUT2D eigenvalue weighted by Gasteiger charge is 2.31. The third-order valence-electron chi connectivity index (χ3n) is 4.12. The lowest BCUT2D eigenvalue weighted by Gasteiger charge is -2.10. The lowest BCUT2D eigenvalue weighted by Crippen LogP contribution is -2.40. The second kappa shape index (κ2) is 8.89. The minimum Gasteiger partial charge on any atom is -0.355 e. The van der Waals surface area contributed by atoms with Gasteiger partial charge in [0.05, 0.1) is 34.7 Å². The number of amides is 2. The van der Waals surface area contributed by atoms with Crippen molar-refractivity contribution in [1.29, 1.82) is 0 Å². The van der Waals surface area contributed by atoms with Gasteiger partial charge in [-0.15, -0.1) is 0 Å². The molecule has 0 saturated heterocycles. The standard InChI is InChI=1S/C19H21F3N4O3/c1-4-8-23-15(27)10-24-18(29)17(28)16-11(2)25-26(12(16)3)14-7-5-6-13(9-14)19(20,21)22/h5-7,9H,4,8,10H2,1-3H3,(H,23,27)(H,24,29). The molecule has 0 radical (unpaired) electrons. The Kier molecular flexibility index (Phi) is 6.78. The minimum atomic E-state index is -4.52. The van der Waals surface area contributed by atoms with E-state index < -0.39 is 29.3 Å². The summed E-state index contributed by atoms with van der Waals surface area (Å²) in [5.41, 5.74) is -0.355. The van der Waals surface area contributed by atoms with Crippen LogP contribution in [0.2, 0.25) is 0 Å². The molecule has 0 atom stereocenters. The molecule has 2 amide bonds. The molecule has 2 aromatic rings. The molecule has 2 N–H and O–H groups in total. The van der Waals surface area contributed by atoms with Gasteiger partial charge in [0.15, 0.2) is 0 Å². The van der Waals surface area contributed by atoms with Gasteiger partial charge in [-0.2, -0.15) is 18.3 Å². The molecule has 0 aliphatic carbocycles. The molecule has 2 rings (SSSR count). The van der Waals surface area contributed by atoms with E-state index in [1.165, 1.54) is 30.7 Å². The maximum Gasteiger partial charge on any atom is 0.416 e. The lowest BCUT2D eigenvalue weighted by atomic mass is 10.1. The zero-order valence-electron chi connectivity index (χ0n) is 16.2. The van der Waals surface area contributed by atoms with Crippen molar-refractivity contribution in [3.63, 3.8) is 0 Å². The number of aryl methyl sites for hydroxylation is 1. The average Bonchev–Trinajstić information content (AvgIpc) is 2.97. The van der Waals surface area contributed by atoms with Crippen molar-refractivity contribution >= 4 is 17.6 Å². The third kappa shape index (κ3) is 5.21. The van der Waals surface area contributed by atoms with E-state index >= 15 is 0 Å². The van der Waals surface area contributed by atoms with Crippen LogP contribution in [0.25, 0.3) is 5.69 Å². The topological polar surface area (TPSA) is 93.1 Å². The van der Waals surface area contributed by atoms with Crippen LogP contribution >= 0.6 is 0 Å². The largest absolute Gasteiger partial charge is 0.416 e. The van der Waals surface area contributed by atoms with E-state index in [1.807, 2.05) is 6.92 Å². The number of nitrogens with zero attached hydrogens (tertiary/aromatic N) is 2. The SMILES string of the molecule is CCCNC(=O)CNC(=O)C(=O)c1c(C)nn(-c2cccc(C(F)(F)F)c2)c1C. The number of halogens is 3. The van der Waals surface area contributed by atoms with E-state index in [-0.39, 0.29) is 29.2 Å². The summed E-state index contributed by atoms with van der Waals surface area (Å²) < 4.78 is 40.1. The highest BCUT2D eigenvalue weighted by molar-refractivity contribution is 6.43. The van der Waals surface area contributed by atoms with Gasteiger partial charge in [0, 0.05) is 6.54 Å². The van der Waals surface area contributed by atoms with Gasteiger partial charge >= 0.3 is 6.18 Å². The lowest BCUT2D eigenvalue weighted by molar-refractivity contribution is -0.137. The molecule has 0 spiro atoms. The van der Waals surface area contributed by atoms with Crippen LogP contribution < -0.4 is 10.6 Å². The number of hydrogen-bond acceptors (Lipinski definition) is 4. The highest BCUT2D eigenvalue weighted by Crippen LogP contribution is 2.30. The summed E-state index contributed by atoms with van der Waals surface area (Å²) >= 11 is 0. The third-order valence-corrected chi connectivity index (χ3v) is 4.12. The van der Waals surface area contributed by atoms with E-state index in [1.54, 1.807) is 0 Å². The molecular formula is C19H21F3N4O3. The summed E-state index contributed by atoms with van der Waals surface area (Å²) in [4.78, 5) is 36.2. The Labute approximate surface area is 165 Å². The quantitative estimate of drug-likeness (QED) is 0.541. The Morgan fingerprint density at radius 3 is 2.45 bits per heavy atom. The zero-order chi connectivity index (χ0) is 21.8. The number of carbonyl (C=O) groups excluding carboxylic acids is 3. The van der Waals surface area contributed by atoms with Gasteiger partial charge in [0.25, 0.3) is 11.7 Å². The maximum atomic E-state index is 13.0. The van der Waals surface area contributed by atoms with Gasteiger partial charge < -0.3 is 10.6 Å². The van der Waals surface area contributed by atoms with Crippen LogP contribution in [0.1, 0.15) is 40.7 Å². The van der Waals surface area contributed by atoms with Crippen LogP contribution in [0.5, 0.6) is 0 Å². The molecule has 0 aliphatic rings. The number of ketones is 1. The fourth-order valence-corrected chi connectivity index (χ4v) is 2.72. The Bertz CT molecular complexity index is 935. The number of hydrogen-bond donors (Lipinski definition) is 2. The molecule has 0 fully saturated rings. The number of carbonyl (C=O) groups is 3. The molecule has 0 unspecified atom stereocenters. The van der Waals surface area contributed by atoms with Crippen LogP contribution in [0.3, 0.4) is 0 Å². The second-order valence-electron chi connectivity index (χ2n) is 6.37. The molecule has 1 aromatic heterocycles. The normalized spacial score (nSPS) is 11.2. The summed E-state index contributed by atoms with van der Waals surface area (Å²) in [5, 5.41) is 8.91. The Morgan fingerprint density at radius 1 is 1.14 bits per heavy atom. The van der Waals surface area contributed by atoms with Gasteiger partial charge in [-0.25, -0.2) is 4.68 Å². The van der Waals surface area contributed by atoms with Crippen molar-refractivity contribution in [2.45, 2.75) is 33.4 Å². The van der Waals surface area contributed by atoms with Crippen molar-refractivity contribution < 1.29 is 27.6 Å². The smallest absolute Gasteiger partial charge is 0.355 e. The molecule has 1 aromatic carbocycles. The average molecular weight is 410 g/mol. The second-order valence-corrected chi connectivity index (χ2v) is 6.37. The number of benzene rings is 1. The molecule has 29 heavy (non-hydrogen) atoms. The van der Waals surface area contributed by atoms with Crippen molar-refractivity contribution in [2.24, 2.45) is 0 Å². The molecule has 156 valence electrons. The first-order valence-electron chi connectivity index (χ1n) is 8.89. The molecule has 0 saturated carbocycles. The van der Waals surface area contributed by atoms with Gasteiger partial charge in [-0.3, -0.25) is 14.4 Å². The van der Waals surface area contributed by atoms with Crippen molar-refractivity contribution in [2.75, 3.05) is 13.1 Å².